The number of guanidine groups is 1. The third kappa shape index (κ3) is 6.32. The molecule has 8 nitrogen and oxygen atoms in total. The molecule has 0 spiro atoms. The number of piperazine rings is 1. The van der Waals surface area contributed by atoms with Crippen molar-refractivity contribution in [2.75, 3.05) is 79.1 Å². The lowest BCUT2D eigenvalue weighted by Gasteiger charge is -2.37. The molecule has 1 fully saturated rings. The molecular weight excluding hydrogens is 346 g/mol. The Hall–Kier alpha value is -2.48. The van der Waals surface area contributed by atoms with Gasteiger partial charge in [-0.3, -0.25) is 4.79 Å². The van der Waals surface area contributed by atoms with Crippen LogP contribution in [-0.2, 0) is 9.53 Å². The van der Waals surface area contributed by atoms with Crippen LogP contribution in [0.2, 0.25) is 0 Å². The molecule has 1 aliphatic rings. The molecule has 1 aliphatic heterocycles. The molecule has 1 aromatic rings. The zero-order valence-electron chi connectivity index (χ0n) is 16.8. The van der Waals surface area contributed by atoms with Crippen LogP contribution >= 0.6 is 0 Å². The summed E-state index contributed by atoms with van der Waals surface area (Å²) in [6, 6.07) is 8.12. The Morgan fingerprint density at radius 2 is 1.81 bits per heavy atom. The molecule has 0 unspecified atom stereocenters. The Morgan fingerprint density at radius 1 is 1.15 bits per heavy atom. The van der Waals surface area contributed by atoms with Crippen LogP contribution in [0, 0.1) is 0 Å². The summed E-state index contributed by atoms with van der Waals surface area (Å²) < 4.78 is 10.3. The number of hydrogen-bond acceptors (Lipinski definition) is 5. The summed E-state index contributed by atoms with van der Waals surface area (Å²) in [5, 5.41) is 3.30. The van der Waals surface area contributed by atoms with Gasteiger partial charge in [-0.15, -0.1) is 0 Å². The number of aliphatic imine (C=N–C) groups is 1. The first-order chi connectivity index (χ1) is 13.0. The van der Waals surface area contributed by atoms with Crippen molar-refractivity contribution >= 4 is 17.6 Å². The van der Waals surface area contributed by atoms with Crippen LogP contribution in [0.25, 0.3) is 0 Å². The molecule has 1 aromatic carbocycles. The van der Waals surface area contributed by atoms with Crippen molar-refractivity contribution in [3.8, 4) is 5.75 Å². The van der Waals surface area contributed by atoms with Crippen LogP contribution in [-0.4, -0.2) is 95.9 Å². The number of benzene rings is 1. The first kappa shape index (κ1) is 20.8. The SMILES string of the molecule is COCCNC(=NCC(=O)N(C)C)N1CCN(c2ccc(OC)cc2)CC1. The van der Waals surface area contributed by atoms with Crippen molar-refractivity contribution < 1.29 is 14.3 Å². The van der Waals surface area contributed by atoms with Crippen molar-refractivity contribution in [3.05, 3.63) is 24.3 Å². The van der Waals surface area contributed by atoms with Crippen LogP contribution in [0.5, 0.6) is 5.75 Å². The van der Waals surface area contributed by atoms with Gasteiger partial charge < -0.3 is 29.5 Å². The summed E-state index contributed by atoms with van der Waals surface area (Å²) in [5.41, 5.74) is 1.18. The van der Waals surface area contributed by atoms with Crippen LogP contribution < -0.4 is 15.0 Å². The highest BCUT2D eigenvalue weighted by Crippen LogP contribution is 2.20. The van der Waals surface area contributed by atoms with Crippen LogP contribution in [0.1, 0.15) is 0 Å². The number of amides is 1. The first-order valence-electron chi connectivity index (χ1n) is 9.16. The molecular formula is C19H31N5O3. The molecule has 1 N–H and O–H groups in total. The summed E-state index contributed by atoms with van der Waals surface area (Å²) >= 11 is 0. The van der Waals surface area contributed by atoms with E-state index < -0.39 is 0 Å². The van der Waals surface area contributed by atoms with Gasteiger partial charge in [0.1, 0.15) is 12.3 Å². The average molecular weight is 377 g/mol. The van der Waals surface area contributed by atoms with E-state index in [-0.39, 0.29) is 12.5 Å². The number of rotatable bonds is 7. The molecule has 8 heteroatoms. The predicted octanol–water partition coefficient (Wildman–Crippen LogP) is 0.497. The van der Waals surface area contributed by atoms with Crippen molar-refractivity contribution in [1.82, 2.24) is 15.1 Å². The smallest absolute Gasteiger partial charge is 0.243 e. The van der Waals surface area contributed by atoms with Gasteiger partial charge in [0, 0.05) is 59.6 Å². The van der Waals surface area contributed by atoms with Crippen molar-refractivity contribution in [1.29, 1.82) is 0 Å². The van der Waals surface area contributed by atoms with E-state index in [1.54, 1.807) is 33.2 Å². The Kier molecular flexibility index (Phi) is 8.19. The summed E-state index contributed by atoms with van der Waals surface area (Å²) in [6.45, 7) is 4.83. The van der Waals surface area contributed by atoms with Crippen molar-refractivity contribution in [3.63, 3.8) is 0 Å². The maximum Gasteiger partial charge on any atom is 0.243 e. The number of likely N-dealkylation sites (N-methyl/N-ethyl adjacent to an activating group) is 1. The van der Waals surface area contributed by atoms with Gasteiger partial charge in [0.05, 0.1) is 13.7 Å². The number of carbonyl (C=O) groups excluding carboxylic acids is 1. The molecule has 1 saturated heterocycles. The number of nitrogens with zero attached hydrogens (tertiary/aromatic N) is 4. The Bertz CT molecular complexity index is 610. The lowest BCUT2D eigenvalue weighted by molar-refractivity contribution is -0.127. The summed E-state index contributed by atoms with van der Waals surface area (Å²) in [5.74, 6) is 1.61. The maximum absolute atomic E-state index is 11.9. The van der Waals surface area contributed by atoms with Crippen molar-refractivity contribution in [2.45, 2.75) is 0 Å². The fraction of sp³-hybridized carbons (Fsp3) is 0.579. The normalized spacial score (nSPS) is 14.9. The first-order valence-corrected chi connectivity index (χ1v) is 9.16. The highest BCUT2D eigenvalue weighted by atomic mass is 16.5. The molecule has 2 rings (SSSR count). The Labute approximate surface area is 161 Å². The molecule has 0 saturated carbocycles. The largest absolute Gasteiger partial charge is 0.497 e. The second-order valence-electron chi connectivity index (χ2n) is 6.52. The third-order valence-corrected chi connectivity index (χ3v) is 4.47. The molecule has 0 atom stereocenters. The topological polar surface area (TPSA) is 69.6 Å². The fourth-order valence-electron chi connectivity index (χ4n) is 2.79. The predicted molar refractivity (Wildman–Crippen MR) is 108 cm³/mol. The third-order valence-electron chi connectivity index (χ3n) is 4.47. The summed E-state index contributed by atoms with van der Waals surface area (Å²) in [4.78, 5) is 22.5. The van der Waals surface area contributed by atoms with Crippen LogP contribution in [0.3, 0.4) is 0 Å². The van der Waals surface area contributed by atoms with E-state index in [1.165, 1.54) is 5.69 Å². The van der Waals surface area contributed by atoms with Gasteiger partial charge in [0.15, 0.2) is 5.96 Å². The van der Waals surface area contributed by atoms with Gasteiger partial charge in [-0.05, 0) is 24.3 Å². The Morgan fingerprint density at radius 3 is 2.37 bits per heavy atom. The minimum Gasteiger partial charge on any atom is -0.497 e. The van der Waals surface area contributed by atoms with Gasteiger partial charge in [0.25, 0.3) is 0 Å². The number of anilines is 1. The minimum absolute atomic E-state index is 0.0158. The lowest BCUT2D eigenvalue weighted by atomic mass is 10.2. The highest BCUT2D eigenvalue weighted by Gasteiger charge is 2.20. The van der Waals surface area contributed by atoms with Crippen molar-refractivity contribution in [2.24, 2.45) is 4.99 Å². The standard InChI is InChI=1S/C19H31N5O3/c1-22(2)18(25)15-21-19(20-9-14-26-3)24-12-10-23(11-13-24)16-5-7-17(27-4)8-6-16/h5-8H,9-15H2,1-4H3,(H,20,21). The minimum atomic E-state index is -0.0158. The lowest BCUT2D eigenvalue weighted by Crippen LogP contribution is -2.53. The maximum atomic E-state index is 11.9. The number of hydrogen-bond donors (Lipinski definition) is 1. The summed E-state index contributed by atoms with van der Waals surface area (Å²) in [6.07, 6.45) is 0. The molecule has 0 aliphatic carbocycles. The monoisotopic (exact) mass is 377 g/mol. The molecule has 150 valence electrons. The van der Waals surface area contributed by atoms with Gasteiger partial charge in [0.2, 0.25) is 5.91 Å². The molecule has 1 heterocycles. The van der Waals surface area contributed by atoms with E-state index in [0.717, 1.165) is 37.9 Å². The van der Waals surface area contributed by atoms with Gasteiger partial charge in [-0.2, -0.15) is 0 Å². The molecule has 27 heavy (non-hydrogen) atoms. The number of ether oxygens (including phenoxy) is 2. The molecule has 1 amide bonds. The van der Waals surface area contributed by atoms with E-state index in [9.17, 15) is 4.79 Å². The van der Waals surface area contributed by atoms with E-state index in [0.29, 0.717) is 13.2 Å². The molecule has 0 bridgehead atoms. The quantitative estimate of drug-likeness (QED) is 0.424. The van der Waals surface area contributed by atoms with Gasteiger partial charge in [-0.25, -0.2) is 4.99 Å². The Balaban J connectivity index is 1.96. The summed E-state index contributed by atoms with van der Waals surface area (Å²) in [7, 11) is 6.82. The van der Waals surface area contributed by atoms with Crippen LogP contribution in [0.4, 0.5) is 5.69 Å². The molecule has 0 radical (unpaired) electrons. The van der Waals surface area contributed by atoms with Gasteiger partial charge >= 0.3 is 0 Å². The molecule has 0 aromatic heterocycles. The van der Waals surface area contributed by atoms with E-state index >= 15 is 0 Å². The van der Waals surface area contributed by atoms with E-state index in [4.69, 9.17) is 9.47 Å². The second kappa shape index (κ2) is 10.6. The zero-order chi connectivity index (χ0) is 19.6. The number of carbonyl (C=O) groups is 1. The highest BCUT2D eigenvalue weighted by molar-refractivity contribution is 5.85. The average Bonchev–Trinajstić information content (AvgIpc) is 2.70. The van der Waals surface area contributed by atoms with E-state index in [2.05, 4.69) is 32.2 Å². The van der Waals surface area contributed by atoms with Gasteiger partial charge in [-0.1, -0.05) is 0 Å². The van der Waals surface area contributed by atoms with Crippen LogP contribution in [0.15, 0.2) is 29.3 Å². The number of methoxy groups -OCH3 is 2. The van der Waals surface area contributed by atoms with E-state index in [1.807, 2.05) is 12.1 Å². The fourth-order valence-corrected chi connectivity index (χ4v) is 2.79. The second-order valence-corrected chi connectivity index (χ2v) is 6.52. The number of nitrogens with one attached hydrogen (secondary N) is 1. The zero-order valence-corrected chi connectivity index (χ0v) is 16.8.